The van der Waals surface area contributed by atoms with Gasteiger partial charge in [0, 0.05) is 5.25 Å². The molecule has 0 spiro atoms. The molecular weight excluding hydrogens is 560 g/mol. The van der Waals surface area contributed by atoms with Crippen LogP contribution in [0.15, 0.2) is 0 Å². The van der Waals surface area contributed by atoms with E-state index in [4.69, 9.17) is 0 Å². The second-order valence-corrected chi connectivity index (χ2v) is 10.5. The Kier molecular flexibility index (Phi) is 7.76. The van der Waals surface area contributed by atoms with Gasteiger partial charge in [-0.3, -0.25) is 0 Å². The number of benzene rings is 2. The molecule has 0 saturated heterocycles. The molecule has 0 aromatic heterocycles. The van der Waals surface area contributed by atoms with E-state index in [1.165, 1.54) is 0 Å². The summed E-state index contributed by atoms with van der Waals surface area (Å²) in [5, 5.41) is -1.84. The molecule has 2 rings (SSSR count). The molecule has 0 aliphatic carbocycles. The third-order valence-corrected chi connectivity index (χ3v) is 7.85. The van der Waals surface area contributed by atoms with Crippen LogP contribution in [0.4, 0.5) is 52.7 Å². The molecule has 2 aromatic carbocycles. The van der Waals surface area contributed by atoms with Gasteiger partial charge in [0.1, 0.15) is 5.56 Å². The van der Waals surface area contributed by atoms with Crippen molar-refractivity contribution in [3.05, 3.63) is 69.3 Å². The van der Waals surface area contributed by atoms with Gasteiger partial charge in [-0.25, -0.2) is 69.5 Å². The zero-order valence-electron chi connectivity index (χ0n) is 15.8. The predicted molar refractivity (Wildman–Crippen MR) is 90.8 cm³/mol. The van der Waals surface area contributed by atoms with Crippen LogP contribution in [-0.2, 0) is 19.7 Å². The molecular formula is C17H4F12O4S2. The Morgan fingerprint density at radius 1 is 0.571 bits per heavy atom. The number of hydrogen-bond acceptors (Lipinski definition) is 4. The summed E-state index contributed by atoms with van der Waals surface area (Å²) in [7, 11) is -11.7. The van der Waals surface area contributed by atoms with Gasteiger partial charge in [-0.2, -0.15) is 0 Å². The molecule has 0 aliphatic rings. The molecule has 0 amide bonds. The maximum absolute atomic E-state index is 14.2. The second kappa shape index (κ2) is 9.60. The minimum Gasteiger partial charge on any atom is -0.238 e. The van der Waals surface area contributed by atoms with Crippen molar-refractivity contribution in [3.8, 4) is 11.2 Å². The van der Waals surface area contributed by atoms with Gasteiger partial charge in [-0.1, -0.05) is 0 Å². The lowest BCUT2D eigenvalue weighted by molar-refractivity contribution is 0.211. The average molecular weight is 564 g/mol. The van der Waals surface area contributed by atoms with Crippen molar-refractivity contribution in [2.75, 3.05) is 5.08 Å². The Morgan fingerprint density at radius 3 is 1.31 bits per heavy atom. The number of hydrogen-bond donors (Lipinski definition) is 0. The van der Waals surface area contributed by atoms with Gasteiger partial charge in [0.2, 0.25) is 36.8 Å². The van der Waals surface area contributed by atoms with Crippen molar-refractivity contribution in [1.82, 2.24) is 0 Å². The highest BCUT2D eigenvalue weighted by atomic mass is 32.3. The molecule has 2 unspecified atom stereocenters. The maximum Gasteiger partial charge on any atom is 0.237 e. The molecule has 0 heterocycles. The van der Waals surface area contributed by atoms with Crippen LogP contribution in [0, 0.1) is 69.3 Å². The number of alkyl halides is 2. The fourth-order valence-electron chi connectivity index (χ4n) is 2.33. The van der Waals surface area contributed by atoms with Gasteiger partial charge in [0.15, 0.2) is 57.8 Å². The molecule has 0 N–H and O–H groups in total. The second-order valence-electron chi connectivity index (χ2n) is 6.30. The van der Waals surface area contributed by atoms with Crippen LogP contribution in [0.25, 0.3) is 0 Å². The fraction of sp³-hybridized carbons (Fsp3) is 0.176. The van der Waals surface area contributed by atoms with Crippen molar-refractivity contribution in [1.29, 1.82) is 0 Å². The van der Waals surface area contributed by atoms with Crippen LogP contribution in [-0.4, -0.2) is 27.4 Å². The van der Waals surface area contributed by atoms with E-state index in [0.29, 0.717) is 0 Å². The van der Waals surface area contributed by atoms with Gasteiger partial charge in [-0.05, 0) is 5.92 Å². The lowest BCUT2D eigenvalue weighted by Crippen LogP contribution is -2.29. The third-order valence-electron chi connectivity index (χ3n) is 3.95. The summed E-state index contributed by atoms with van der Waals surface area (Å²) >= 11 is 0. The van der Waals surface area contributed by atoms with E-state index in [2.05, 4.69) is 0 Å². The Labute approximate surface area is 187 Å². The molecule has 2 aromatic rings. The van der Waals surface area contributed by atoms with Crippen LogP contribution in [0.3, 0.4) is 0 Å². The summed E-state index contributed by atoms with van der Waals surface area (Å²) in [4.78, 5) is 0. The molecule has 18 heteroatoms. The first-order valence-electron chi connectivity index (χ1n) is 8.13. The summed E-state index contributed by atoms with van der Waals surface area (Å²) in [6, 6.07) is 0. The normalized spacial score (nSPS) is 13.8. The Balaban J connectivity index is 2.46. The summed E-state index contributed by atoms with van der Waals surface area (Å²) in [6.45, 7) is 0. The van der Waals surface area contributed by atoms with Crippen LogP contribution in [0.2, 0.25) is 0 Å². The molecule has 0 fully saturated rings. The molecule has 35 heavy (non-hydrogen) atoms. The highest BCUT2D eigenvalue weighted by molar-refractivity contribution is 8.10. The van der Waals surface area contributed by atoms with Crippen molar-refractivity contribution < 1.29 is 69.5 Å². The Morgan fingerprint density at radius 2 is 0.914 bits per heavy atom. The van der Waals surface area contributed by atoms with Gasteiger partial charge in [0.25, 0.3) is 0 Å². The zero-order chi connectivity index (χ0) is 27.2. The van der Waals surface area contributed by atoms with Crippen molar-refractivity contribution in [3.63, 3.8) is 0 Å². The van der Waals surface area contributed by atoms with E-state index >= 15 is 0 Å². The van der Waals surface area contributed by atoms with Crippen LogP contribution in [0.1, 0.15) is 17.3 Å². The lowest BCUT2D eigenvalue weighted by Gasteiger charge is -2.16. The number of halogens is 12. The minimum atomic E-state index is -6.08. The molecule has 2 atom stereocenters. The lowest BCUT2D eigenvalue weighted by atomic mass is 10.1. The van der Waals surface area contributed by atoms with Gasteiger partial charge in [-0.15, -0.1) is 0 Å². The molecule has 192 valence electrons. The summed E-state index contributed by atoms with van der Waals surface area (Å²) in [5.74, 6) is -26.5. The van der Waals surface area contributed by atoms with Gasteiger partial charge < -0.3 is 0 Å². The van der Waals surface area contributed by atoms with Gasteiger partial charge >= 0.3 is 0 Å². The van der Waals surface area contributed by atoms with Crippen molar-refractivity contribution in [2.24, 2.45) is 0 Å². The van der Waals surface area contributed by atoms with E-state index < -0.39 is 106 Å². The summed E-state index contributed by atoms with van der Waals surface area (Å²) in [6.07, 6.45) is -4.18. The molecule has 0 aliphatic heterocycles. The maximum atomic E-state index is 14.2. The minimum absolute atomic E-state index is 0.769. The summed E-state index contributed by atoms with van der Waals surface area (Å²) in [5.41, 5.74) is -8.94. The largest absolute Gasteiger partial charge is 0.238 e. The van der Waals surface area contributed by atoms with Crippen molar-refractivity contribution >= 4 is 19.7 Å². The third kappa shape index (κ3) is 5.19. The molecule has 4 nitrogen and oxygen atoms in total. The van der Waals surface area contributed by atoms with E-state index in [1.807, 2.05) is 0 Å². The SMILES string of the molecule is O=S(=O)(C#Cc1c(F)c(F)c(F)c(F)c1F)CS(=O)(=O)C(F)C(F)c1c(F)c(F)c(F)c(F)c1F. The van der Waals surface area contributed by atoms with Crippen LogP contribution in [0.5, 0.6) is 0 Å². The Hall–Kier alpha value is -2.94. The average Bonchev–Trinajstić information content (AvgIpc) is 2.77. The topological polar surface area (TPSA) is 68.3 Å². The standard InChI is InChI=1S/C17H4F12O4S2/c18-6-4(7(19)12(24)15(27)11(6)23)1-2-34(30,31)3-35(32,33)17(29)10(22)5-8(20)13(25)16(28)14(26)9(5)21/h10,17H,3H2. The quantitative estimate of drug-likeness (QED) is 0.237. The van der Waals surface area contributed by atoms with Crippen LogP contribution >= 0.6 is 0 Å². The number of sulfone groups is 2. The smallest absolute Gasteiger partial charge is 0.237 e. The van der Waals surface area contributed by atoms with Crippen LogP contribution < -0.4 is 0 Å². The van der Waals surface area contributed by atoms with Crippen molar-refractivity contribution in [2.45, 2.75) is 11.7 Å². The molecule has 0 bridgehead atoms. The Bertz CT molecular complexity index is 1440. The highest BCUT2D eigenvalue weighted by Gasteiger charge is 2.42. The van der Waals surface area contributed by atoms with E-state index in [-0.39, 0.29) is 0 Å². The van der Waals surface area contributed by atoms with E-state index in [0.717, 1.165) is 11.2 Å². The predicted octanol–water partition coefficient (Wildman–Crippen LogP) is 4.18. The zero-order valence-corrected chi connectivity index (χ0v) is 17.5. The fourth-order valence-corrected chi connectivity index (χ4v) is 5.57. The number of rotatable bonds is 5. The first-order valence-corrected chi connectivity index (χ1v) is 11.5. The summed E-state index contributed by atoms with van der Waals surface area (Å²) < 4.78 is 208. The molecule has 0 radical (unpaired) electrons. The van der Waals surface area contributed by atoms with E-state index in [1.54, 1.807) is 0 Å². The first kappa shape index (κ1) is 28.3. The highest BCUT2D eigenvalue weighted by Crippen LogP contribution is 2.35. The first-order chi connectivity index (χ1) is 15.9. The molecule has 0 saturated carbocycles. The van der Waals surface area contributed by atoms with E-state index in [9.17, 15) is 69.5 Å². The van der Waals surface area contributed by atoms with Gasteiger partial charge in [0.05, 0.1) is 5.56 Å². The monoisotopic (exact) mass is 564 g/mol.